The number of amides is 1. The first-order chi connectivity index (χ1) is 12.5. The van der Waals surface area contributed by atoms with Crippen LogP contribution in [0.1, 0.15) is 12.8 Å². The van der Waals surface area contributed by atoms with Gasteiger partial charge in [0, 0.05) is 37.8 Å². The Bertz CT molecular complexity index is 874. The molecule has 1 aromatic carbocycles. The number of ether oxygens (including phenoxy) is 1. The molecule has 26 heavy (non-hydrogen) atoms. The number of likely N-dealkylation sites (tertiary alicyclic amines) is 1. The number of sulfone groups is 1. The van der Waals surface area contributed by atoms with E-state index in [-0.39, 0.29) is 29.1 Å². The second kappa shape index (κ2) is 8.05. The number of hydrogen-bond donors (Lipinski definition) is 0. The maximum Gasteiger partial charge on any atom is 0.223 e. The number of carbonyl (C=O) groups excluding carboxylic acids is 1. The smallest absolute Gasteiger partial charge is 0.223 e. The maximum atomic E-state index is 12.4. The van der Waals surface area contributed by atoms with Crippen molar-refractivity contribution >= 4 is 27.3 Å². The van der Waals surface area contributed by atoms with E-state index in [0.29, 0.717) is 30.3 Å². The maximum absolute atomic E-state index is 12.4. The van der Waals surface area contributed by atoms with E-state index in [0.717, 1.165) is 0 Å². The molecule has 138 valence electrons. The van der Waals surface area contributed by atoms with E-state index in [4.69, 9.17) is 16.3 Å². The molecule has 1 fully saturated rings. The molecule has 0 N–H and O–H groups in total. The third-order valence-corrected chi connectivity index (χ3v) is 6.23. The lowest BCUT2D eigenvalue weighted by molar-refractivity contribution is -0.130. The van der Waals surface area contributed by atoms with Gasteiger partial charge in [0.2, 0.25) is 5.91 Å². The monoisotopic (exact) mass is 394 g/mol. The molecular formula is C18H19ClN2O4S. The number of pyridine rings is 1. The van der Waals surface area contributed by atoms with E-state index >= 15 is 0 Å². The summed E-state index contributed by atoms with van der Waals surface area (Å²) in [4.78, 5) is 18.1. The van der Waals surface area contributed by atoms with Crippen LogP contribution in [0.4, 0.5) is 0 Å². The van der Waals surface area contributed by atoms with E-state index in [9.17, 15) is 13.2 Å². The van der Waals surface area contributed by atoms with Crippen molar-refractivity contribution in [2.24, 2.45) is 0 Å². The summed E-state index contributed by atoms with van der Waals surface area (Å²) >= 11 is 6.03. The van der Waals surface area contributed by atoms with Crippen LogP contribution < -0.4 is 4.74 Å². The highest BCUT2D eigenvalue weighted by Crippen LogP contribution is 2.26. The van der Waals surface area contributed by atoms with Gasteiger partial charge in [-0.2, -0.15) is 0 Å². The summed E-state index contributed by atoms with van der Waals surface area (Å²) in [5, 5.41) is 0.422. The number of aromatic nitrogens is 1. The van der Waals surface area contributed by atoms with Gasteiger partial charge in [-0.15, -0.1) is 0 Å². The van der Waals surface area contributed by atoms with Crippen LogP contribution in [0.25, 0.3) is 0 Å². The first kappa shape index (κ1) is 18.7. The van der Waals surface area contributed by atoms with Crippen LogP contribution in [0.15, 0.2) is 53.7 Å². The molecule has 3 rings (SSSR count). The van der Waals surface area contributed by atoms with Crippen LogP contribution in [0.5, 0.6) is 5.75 Å². The largest absolute Gasteiger partial charge is 0.487 e. The molecule has 0 bridgehead atoms. The Kier molecular flexibility index (Phi) is 5.78. The minimum absolute atomic E-state index is 0.0417. The van der Waals surface area contributed by atoms with E-state index in [2.05, 4.69) is 4.98 Å². The Morgan fingerprint density at radius 2 is 2.04 bits per heavy atom. The standard InChI is InChI=1S/C18H19ClN2O4S/c19-16-12-20-9-6-17(16)25-14-7-10-21(13-14)18(22)8-11-26(23,24)15-4-2-1-3-5-15/h1-6,9,12,14H,7-8,10-11,13H2/t14-/m1/s1. The summed E-state index contributed by atoms with van der Waals surface area (Å²) in [6, 6.07) is 9.85. The van der Waals surface area contributed by atoms with Gasteiger partial charge in [-0.1, -0.05) is 29.8 Å². The van der Waals surface area contributed by atoms with Crippen LogP contribution in [-0.4, -0.2) is 49.2 Å². The number of carbonyl (C=O) groups is 1. The molecule has 0 saturated carbocycles. The number of hydrogen-bond acceptors (Lipinski definition) is 5. The van der Waals surface area contributed by atoms with Gasteiger partial charge < -0.3 is 9.64 Å². The molecule has 1 aromatic heterocycles. The molecule has 2 heterocycles. The zero-order valence-electron chi connectivity index (χ0n) is 14.0. The van der Waals surface area contributed by atoms with Gasteiger partial charge in [-0.3, -0.25) is 9.78 Å². The first-order valence-corrected chi connectivity index (χ1v) is 10.3. The third kappa shape index (κ3) is 4.53. The van der Waals surface area contributed by atoms with Crippen LogP contribution in [0.3, 0.4) is 0 Å². The lowest BCUT2D eigenvalue weighted by atomic mass is 10.3. The van der Waals surface area contributed by atoms with Crippen LogP contribution in [0, 0.1) is 0 Å². The molecule has 1 atom stereocenters. The molecule has 1 amide bonds. The second-order valence-electron chi connectivity index (χ2n) is 6.06. The average Bonchev–Trinajstić information content (AvgIpc) is 3.11. The van der Waals surface area contributed by atoms with Crippen molar-refractivity contribution in [3.8, 4) is 5.75 Å². The zero-order valence-corrected chi connectivity index (χ0v) is 15.6. The molecule has 1 aliphatic heterocycles. The highest BCUT2D eigenvalue weighted by atomic mass is 35.5. The average molecular weight is 395 g/mol. The molecule has 0 unspecified atom stereocenters. The van der Waals surface area contributed by atoms with E-state index < -0.39 is 9.84 Å². The summed E-state index contributed by atoms with van der Waals surface area (Å²) < 4.78 is 30.4. The van der Waals surface area contributed by atoms with Gasteiger partial charge in [-0.05, 0) is 12.1 Å². The number of halogens is 1. The molecule has 6 nitrogen and oxygen atoms in total. The molecule has 2 aromatic rings. The molecule has 0 spiro atoms. The summed E-state index contributed by atoms with van der Waals surface area (Å²) in [5.41, 5.74) is 0. The Morgan fingerprint density at radius 1 is 1.27 bits per heavy atom. The van der Waals surface area contributed by atoms with Crippen LogP contribution >= 0.6 is 11.6 Å². The molecule has 0 aliphatic carbocycles. The van der Waals surface area contributed by atoms with Crippen molar-refractivity contribution in [2.45, 2.75) is 23.8 Å². The Morgan fingerprint density at radius 3 is 2.77 bits per heavy atom. The number of nitrogens with zero attached hydrogens (tertiary/aromatic N) is 2. The predicted molar refractivity (Wildman–Crippen MR) is 98.0 cm³/mol. The molecule has 1 aliphatic rings. The van der Waals surface area contributed by atoms with Gasteiger partial charge in [0.05, 0.1) is 17.2 Å². The molecule has 0 radical (unpaired) electrons. The number of benzene rings is 1. The van der Waals surface area contributed by atoms with Gasteiger partial charge in [-0.25, -0.2) is 8.42 Å². The molecule has 8 heteroatoms. The van der Waals surface area contributed by atoms with Gasteiger partial charge in [0.1, 0.15) is 16.9 Å². The lowest BCUT2D eigenvalue weighted by Crippen LogP contribution is -2.32. The minimum Gasteiger partial charge on any atom is -0.487 e. The third-order valence-electron chi connectivity index (χ3n) is 4.21. The Hall–Kier alpha value is -2.12. The zero-order chi connectivity index (χ0) is 18.6. The van der Waals surface area contributed by atoms with E-state index in [1.807, 2.05) is 0 Å². The van der Waals surface area contributed by atoms with Crippen molar-refractivity contribution in [3.63, 3.8) is 0 Å². The fourth-order valence-corrected chi connectivity index (χ4v) is 4.23. The SMILES string of the molecule is O=C(CCS(=O)(=O)c1ccccc1)N1CC[C@@H](Oc2ccncc2Cl)C1. The fourth-order valence-electron chi connectivity index (χ4n) is 2.81. The topological polar surface area (TPSA) is 76.6 Å². The first-order valence-electron chi connectivity index (χ1n) is 8.27. The van der Waals surface area contributed by atoms with E-state index in [1.54, 1.807) is 35.4 Å². The van der Waals surface area contributed by atoms with Crippen molar-refractivity contribution in [1.82, 2.24) is 9.88 Å². The van der Waals surface area contributed by atoms with Gasteiger partial charge in [0.25, 0.3) is 0 Å². The lowest BCUT2D eigenvalue weighted by Gasteiger charge is -2.17. The summed E-state index contributed by atoms with van der Waals surface area (Å²) in [7, 11) is -3.46. The summed E-state index contributed by atoms with van der Waals surface area (Å²) in [6.07, 6.45) is 3.57. The molecular weight excluding hydrogens is 376 g/mol. The fraction of sp³-hybridized carbons (Fsp3) is 0.333. The van der Waals surface area contributed by atoms with Gasteiger partial charge >= 0.3 is 0 Å². The quantitative estimate of drug-likeness (QED) is 0.752. The van der Waals surface area contributed by atoms with Crippen molar-refractivity contribution in [2.75, 3.05) is 18.8 Å². The minimum atomic E-state index is -3.46. The van der Waals surface area contributed by atoms with Crippen LogP contribution in [-0.2, 0) is 14.6 Å². The normalized spacial score (nSPS) is 17.3. The molecule has 1 saturated heterocycles. The van der Waals surface area contributed by atoms with Crippen LogP contribution in [0.2, 0.25) is 5.02 Å². The van der Waals surface area contributed by atoms with Crippen molar-refractivity contribution < 1.29 is 17.9 Å². The summed E-state index contributed by atoms with van der Waals surface area (Å²) in [5.74, 6) is 0.151. The summed E-state index contributed by atoms with van der Waals surface area (Å²) in [6.45, 7) is 0.959. The van der Waals surface area contributed by atoms with Crippen molar-refractivity contribution in [1.29, 1.82) is 0 Å². The highest BCUT2D eigenvalue weighted by Gasteiger charge is 2.29. The van der Waals surface area contributed by atoms with E-state index in [1.165, 1.54) is 18.3 Å². The van der Waals surface area contributed by atoms with Crippen molar-refractivity contribution in [3.05, 3.63) is 53.8 Å². The predicted octanol–water partition coefficient (Wildman–Crippen LogP) is 2.58. The Balaban J connectivity index is 1.53. The second-order valence-corrected chi connectivity index (χ2v) is 8.57. The Labute approximate surface area is 157 Å². The highest BCUT2D eigenvalue weighted by molar-refractivity contribution is 7.91. The van der Waals surface area contributed by atoms with Gasteiger partial charge in [0.15, 0.2) is 9.84 Å². The number of rotatable bonds is 6.